The van der Waals surface area contributed by atoms with Crippen LogP contribution in [0.1, 0.15) is 433 Å². The van der Waals surface area contributed by atoms with Crippen LogP contribution in [0.3, 0.4) is 0 Å². The molecule has 0 saturated heterocycles. The minimum Gasteiger partial charge on any atom is -0.356 e. The molecule has 0 spiro atoms. The van der Waals surface area contributed by atoms with E-state index in [2.05, 4.69) is 65.3 Å². The fourth-order valence-electron chi connectivity index (χ4n) is 13.5. The number of unbranched alkanes of at least 4 members (excludes halogenated alkanes) is 49. The fourth-order valence-corrected chi connectivity index (χ4v) is 13.5. The van der Waals surface area contributed by atoms with E-state index < -0.39 is 0 Å². The largest absolute Gasteiger partial charge is 0.356 e. The van der Waals surface area contributed by atoms with Crippen LogP contribution in [0.4, 0.5) is 0 Å². The van der Waals surface area contributed by atoms with Crippen LogP contribution in [0.2, 0.25) is 0 Å². The molecule has 562 valence electrons. The molecule has 11 heteroatoms. The maximum Gasteiger partial charge on any atom is 0.221 e. The Morgan fingerprint density at radius 1 is 0.179 bits per heavy atom. The number of amides is 3. The second-order valence-electron chi connectivity index (χ2n) is 29.6. The predicted octanol–water partition coefficient (Wildman–Crippen LogP) is 22.7. The highest BCUT2D eigenvalue weighted by Crippen LogP contribution is 2.18. The molecule has 0 aliphatic rings. The monoisotopic (exact) mass is 1340 g/mol. The number of carbonyl (C=O) groups is 5. The molecule has 0 aromatic carbocycles. The van der Waals surface area contributed by atoms with Crippen LogP contribution in [0.5, 0.6) is 0 Å². The van der Waals surface area contributed by atoms with Crippen molar-refractivity contribution in [3.63, 3.8) is 0 Å². The molecular weight excluding hydrogens is 1170 g/mol. The number of carbonyl (C=O) groups excluding carboxylic acids is 5. The van der Waals surface area contributed by atoms with Crippen molar-refractivity contribution in [1.82, 2.24) is 30.7 Å². The SMILES string of the molecule is CCCCCCCCCCCCCC(=O)CCCCCN(CCC(=O)NCCCCCCCCCCCC)CCN(CCC(=O)CCCCCCCCCCCCC)CCN(CCC(=O)NCCCCCCCCCCCC)CCC(=O)NCCCCCCCCCCCC. The highest BCUT2D eigenvalue weighted by Gasteiger charge is 2.18. The van der Waals surface area contributed by atoms with E-state index in [1.807, 2.05) is 0 Å². The summed E-state index contributed by atoms with van der Waals surface area (Å²) in [7, 11) is 0. The molecule has 0 aromatic heterocycles. The van der Waals surface area contributed by atoms with Crippen LogP contribution >= 0.6 is 0 Å². The summed E-state index contributed by atoms with van der Waals surface area (Å²) in [6.07, 6.45) is 73.0. The average molecular weight is 1340 g/mol. The van der Waals surface area contributed by atoms with Crippen LogP contribution in [0.25, 0.3) is 0 Å². The van der Waals surface area contributed by atoms with Crippen molar-refractivity contribution >= 4 is 29.3 Å². The minimum absolute atomic E-state index is 0.0816. The average Bonchev–Trinajstić information content (AvgIpc) is 2.36. The molecule has 0 rings (SSSR count). The molecule has 95 heavy (non-hydrogen) atoms. The van der Waals surface area contributed by atoms with Crippen LogP contribution < -0.4 is 16.0 Å². The molecule has 0 aromatic rings. The van der Waals surface area contributed by atoms with Gasteiger partial charge in [-0.05, 0) is 51.5 Å². The zero-order valence-corrected chi connectivity index (χ0v) is 64.7. The lowest BCUT2D eigenvalue weighted by Crippen LogP contribution is -2.43. The third-order valence-electron chi connectivity index (χ3n) is 20.2. The summed E-state index contributed by atoms with van der Waals surface area (Å²) in [6, 6.07) is 0. The summed E-state index contributed by atoms with van der Waals surface area (Å²) >= 11 is 0. The van der Waals surface area contributed by atoms with Crippen molar-refractivity contribution in [2.24, 2.45) is 0 Å². The molecule has 3 amide bonds. The van der Waals surface area contributed by atoms with Crippen molar-refractivity contribution in [2.75, 3.05) is 78.5 Å². The first-order chi connectivity index (χ1) is 46.7. The third-order valence-corrected chi connectivity index (χ3v) is 20.2. The molecule has 0 radical (unpaired) electrons. The smallest absolute Gasteiger partial charge is 0.221 e. The molecule has 0 bridgehead atoms. The lowest BCUT2D eigenvalue weighted by atomic mass is 10.0. The van der Waals surface area contributed by atoms with Gasteiger partial charge in [0.05, 0.1) is 0 Å². The normalized spacial score (nSPS) is 11.7. The van der Waals surface area contributed by atoms with Crippen molar-refractivity contribution < 1.29 is 24.0 Å². The van der Waals surface area contributed by atoms with Gasteiger partial charge in [0.15, 0.2) is 0 Å². The number of rotatable bonds is 81. The van der Waals surface area contributed by atoms with E-state index in [-0.39, 0.29) is 17.7 Å². The second kappa shape index (κ2) is 77.4. The quantitative estimate of drug-likeness (QED) is 0.0513. The van der Waals surface area contributed by atoms with Crippen LogP contribution in [0.15, 0.2) is 0 Å². The van der Waals surface area contributed by atoms with Gasteiger partial charge in [-0.2, -0.15) is 0 Å². The van der Waals surface area contributed by atoms with Crippen LogP contribution in [-0.2, 0) is 24.0 Å². The molecule has 3 N–H and O–H groups in total. The zero-order chi connectivity index (χ0) is 69.1. The van der Waals surface area contributed by atoms with Gasteiger partial charge in [-0.3, -0.25) is 24.0 Å². The van der Waals surface area contributed by atoms with Gasteiger partial charge in [0, 0.05) is 117 Å². The number of ketones is 2. The van der Waals surface area contributed by atoms with E-state index in [1.54, 1.807) is 0 Å². The van der Waals surface area contributed by atoms with Gasteiger partial charge < -0.3 is 30.7 Å². The first kappa shape index (κ1) is 92.6. The Hall–Kier alpha value is -2.37. The van der Waals surface area contributed by atoms with Crippen molar-refractivity contribution in [3.8, 4) is 0 Å². The van der Waals surface area contributed by atoms with E-state index >= 15 is 0 Å². The van der Waals surface area contributed by atoms with Gasteiger partial charge in [0.2, 0.25) is 17.7 Å². The highest BCUT2D eigenvalue weighted by molar-refractivity contribution is 5.79. The number of nitrogens with zero attached hydrogens (tertiary/aromatic N) is 3. The first-order valence-corrected chi connectivity index (χ1v) is 42.7. The van der Waals surface area contributed by atoms with Gasteiger partial charge in [-0.1, -0.05) is 343 Å². The molecule has 0 unspecified atom stereocenters. The molecular formula is C84H166N6O5. The summed E-state index contributed by atoms with van der Waals surface area (Å²) in [5, 5.41) is 9.70. The Bertz CT molecular complexity index is 1590. The van der Waals surface area contributed by atoms with E-state index in [0.717, 1.165) is 110 Å². The fraction of sp³-hybridized carbons (Fsp3) is 0.940. The van der Waals surface area contributed by atoms with Crippen LogP contribution in [-0.4, -0.2) is 123 Å². The Morgan fingerprint density at radius 2 is 0.358 bits per heavy atom. The van der Waals surface area contributed by atoms with Crippen LogP contribution in [0, 0.1) is 0 Å². The Kier molecular flexibility index (Phi) is 75.4. The summed E-state index contributed by atoms with van der Waals surface area (Å²) < 4.78 is 0. The molecule has 0 atom stereocenters. The van der Waals surface area contributed by atoms with Crippen molar-refractivity contribution in [2.45, 2.75) is 433 Å². The Morgan fingerprint density at radius 3 is 0.611 bits per heavy atom. The van der Waals surface area contributed by atoms with Gasteiger partial charge in [-0.25, -0.2) is 0 Å². The van der Waals surface area contributed by atoms with Crippen molar-refractivity contribution in [1.29, 1.82) is 0 Å². The Balaban J connectivity index is 6.02. The standard InChI is InChI=1S/C84H166N6O5/c1-6-11-16-21-26-31-36-38-43-48-54-61-80(91)62-56-53-60-71-88(73-65-82(93)85-68-57-50-45-40-33-28-23-18-13-8-3)76-78-90(72-64-81(92)63-55-49-44-39-37-32-27-22-17-12-7-2)79-77-89(74-66-83(94)86-69-58-51-46-41-34-29-24-19-14-9-4)75-67-84(95)87-70-59-52-47-42-35-30-25-20-15-10-5/h6-79H2,1-5H3,(H,85,93)(H,86,94)(H,87,95). The summed E-state index contributed by atoms with van der Waals surface area (Å²) in [6.45, 7) is 20.0. The van der Waals surface area contributed by atoms with E-state index in [0.29, 0.717) is 102 Å². The van der Waals surface area contributed by atoms with E-state index in [4.69, 9.17) is 0 Å². The maximum absolute atomic E-state index is 13.7. The van der Waals surface area contributed by atoms with E-state index in [9.17, 15) is 24.0 Å². The number of nitrogens with one attached hydrogen (secondary N) is 3. The number of Topliss-reactive ketones (excluding diaryl/α,β-unsaturated/α-hetero) is 2. The molecule has 11 nitrogen and oxygen atoms in total. The first-order valence-electron chi connectivity index (χ1n) is 42.7. The summed E-state index contributed by atoms with van der Waals surface area (Å²) in [5.74, 6) is 1.04. The molecule has 0 heterocycles. The topological polar surface area (TPSA) is 131 Å². The zero-order valence-electron chi connectivity index (χ0n) is 64.7. The van der Waals surface area contributed by atoms with E-state index in [1.165, 1.54) is 276 Å². The lowest BCUT2D eigenvalue weighted by Gasteiger charge is -2.30. The Labute approximate surface area is 592 Å². The minimum atomic E-state index is 0.0816. The number of hydrogen-bond donors (Lipinski definition) is 3. The maximum atomic E-state index is 13.7. The third kappa shape index (κ3) is 72.7. The number of hydrogen-bond acceptors (Lipinski definition) is 8. The van der Waals surface area contributed by atoms with Gasteiger partial charge in [0.25, 0.3) is 0 Å². The predicted molar refractivity (Wildman–Crippen MR) is 413 cm³/mol. The molecule has 0 aliphatic carbocycles. The molecule has 0 aliphatic heterocycles. The van der Waals surface area contributed by atoms with Gasteiger partial charge in [0.1, 0.15) is 11.6 Å². The highest BCUT2D eigenvalue weighted by atomic mass is 16.2. The lowest BCUT2D eigenvalue weighted by molar-refractivity contribution is -0.122. The molecule has 0 saturated carbocycles. The second-order valence-corrected chi connectivity index (χ2v) is 29.6. The van der Waals surface area contributed by atoms with Crippen molar-refractivity contribution in [3.05, 3.63) is 0 Å². The van der Waals surface area contributed by atoms with Gasteiger partial charge >= 0.3 is 0 Å². The van der Waals surface area contributed by atoms with Gasteiger partial charge in [-0.15, -0.1) is 0 Å². The summed E-state index contributed by atoms with van der Waals surface area (Å²) in [4.78, 5) is 74.2. The summed E-state index contributed by atoms with van der Waals surface area (Å²) in [5.41, 5.74) is 0. The molecule has 0 fully saturated rings.